The number of rotatable bonds is 10. The molecule has 0 aliphatic carbocycles. The SMILES string of the molecule is CN(C/C=C(/C#Cc1ccc(-c2ccoc2)cc1)c1ccccc1)CC(=O)[O-].Cc1nc2n(c(=O)c1CCN1CCC(c3noc4cc(F)ccc34)CC1)CCCC2.[Na+]. The van der Waals surface area contributed by atoms with Gasteiger partial charge < -0.3 is 23.7 Å². The van der Waals surface area contributed by atoms with Crippen LogP contribution in [-0.4, -0.2) is 70.2 Å². The van der Waals surface area contributed by atoms with Gasteiger partial charge in [0.15, 0.2) is 5.58 Å². The molecule has 0 atom stereocenters. The molecule has 1 fully saturated rings. The fraction of sp³-hybridized carbons (Fsp3) is 0.319. The maximum absolute atomic E-state index is 13.4. The number of halogens is 1. The molecule has 12 heteroatoms. The smallest absolute Gasteiger partial charge is 0.549 e. The van der Waals surface area contributed by atoms with Gasteiger partial charge >= 0.3 is 29.6 Å². The van der Waals surface area contributed by atoms with Gasteiger partial charge in [-0.25, -0.2) is 9.37 Å². The number of carbonyl (C=O) groups is 1. The van der Waals surface area contributed by atoms with Crippen molar-refractivity contribution < 1.29 is 52.8 Å². The largest absolute Gasteiger partial charge is 1.00 e. The van der Waals surface area contributed by atoms with Gasteiger partial charge in [-0.05, 0) is 101 Å². The number of aromatic nitrogens is 3. The van der Waals surface area contributed by atoms with Crippen molar-refractivity contribution in [1.29, 1.82) is 0 Å². The molecule has 0 amide bonds. The van der Waals surface area contributed by atoms with Gasteiger partial charge in [0.25, 0.3) is 5.56 Å². The third-order valence-electron chi connectivity index (χ3n) is 10.9. The van der Waals surface area contributed by atoms with Crippen LogP contribution < -0.4 is 40.2 Å². The summed E-state index contributed by atoms with van der Waals surface area (Å²) in [5, 5.41) is 15.9. The molecule has 5 heterocycles. The number of likely N-dealkylation sites (N-methyl/N-ethyl adjacent to an activating group) is 1. The third kappa shape index (κ3) is 11.4. The van der Waals surface area contributed by atoms with Crippen molar-refractivity contribution in [1.82, 2.24) is 24.5 Å². The van der Waals surface area contributed by atoms with Gasteiger partial charge in [0.2, 0.25) is 0 Å². The van der Waals surface area contributed by atoms with Crippen molar-refractivity contribution in [3.63, 3.8) is 0 Å². The number of piperidine rings is 1. The molecule has 0 spiro atoms. The number of aliphatic carboxylic acids is 1. The number of hydrogen-bond donors (Lipinski definition) is 0. The zero-order chi connectivity index (χ0) is 40.4. The Hall–Kier alpha value is -5.09. The first-order valence-corrected chi connectivity index (χ1v) is 19.9. The average Bonchev–Trinajstić information content (AvgIpc) is 3.93. The van der Waals surface area contributed by atoms with E-state index < -0.39 is 5.97 Å². The number of nitrogens with zero attached hydrogens (tertiary/aromatic N) is 5. The van der Waals surface area contributed by atoms with Crippen molar-refractivity contribution >= 4 is 22.5 Å². The molecule has 0 unspecified atom stereocenters. The van der Waals surface area contributed by atoms with E-state index in [1.807, 2.05) is 78.2 Å². The third-order valence-corrected chi connectivity index (χ3v) is 10.9. The summed E-state index contributed by atoms with van der Waals surface area (Å²) in [5.74, 6) is 6.29. The first kappa shape index (κ1) is 43.5. The normalized spacial score (nSPS) is 14.5. The molecule has 59 heavy (non-hydrogen) atoms. The van der Waals surface area contributed by atoms with Crippen LogP contribution in [0.3, 0.4) is 0 Å². The fourth-order valence-electron chi connectivity index (χ4n) is 7.65. The summed E-state index contributed by atoms with van der Waals surface area (Å²) >= 11 is 0. The maximum Gasteiger partial charge on any atom is 1.00 e. The fourth-order valence-corrected chi connectivity index (χ4v) is 7.65. The molecular weight excluding hydrogens is 757 g/mol. The van der Waals surface area contributed by atoms with Crippen LogP contribution >= 0.6 is 0 Å². The van der Waals surface area contributed by atoms with Gasteiger partial charge in [0.1, 0.15) is 11.6 Å². The van der Waals surface area contributed by atoms with E-state index in [1.54, 1.807) is 30.5 Å². The molecule has 0 N–H and O–H groups in total. The van der Waals surface area contributed by atoms with Crippen LogP contribution in [0.4, 0.5) is 4.39 Å². The molecule has 3 aromatic carbocycles. The summed E-state index contributed by atoms with van der Waals surface area (Å²) in [6.45, 7) is 5.90. The van der Waals surface area contributed by atoms with E-state index in [0.717, 1.165) is 121 Å². The minimum absolute atomic E-state index is 0. The van der Waals surface area contributed by atoms with E-state index in [4.69, 9.17) is 13.9 Å². The number of likely N-dealkylation sites (tertiary alicyclic amines) is 1. The predicted molar refractivity (Wildman–Crippen MR) is 220 cm³/mol. The quantitative estimate of drug-likeness (QED) is 0.151. The van der Waals surface area contributed by atoms with Crippen LogP contribution in [0.1, 0.15) is 65.5 Å². The summed E-state index contributed by atoms with van der Waals surface area (Å²) in [6.07, 6.45) is 11.1. The molecular formula is C47H47FN5NaO5. The molecule has 10 nitrogen and oxygen atoms in total. The summed E-state index contributed by atoms with van der Waals surface area (Å²) < 4.78 is 25.7. The topological polar surface area (TPSA) is 121 Å². The zero-order valence-electron chi connectivity index (χ0n) is 34.0. The number of hydrogen-bond acceptors (Lipinski definition) is 9. The van der Waals surface area contributed by atoms with Gasteiger partial charge in [-0.3, -0.25) is 14.3 Å². The molecule has 0 bridgehead atoms. The van der Waals surface area contributed by atoms with Gasteiger partial charge in [0, 0.05) is 77.9 Å². The van der Waals surface area contributed by atoms with Crippen LogP contribution in [-0.2, 0) is 24.2 Å². The summed E-state index contributed by atoms with van der Waals surface area (Å²) in [4.78, 5) is 32.5. The van der Waals surface area contributed by atoms with Crippen molar-refractivity contribution in [3.8, 4) is 23.0 Å². The van der Waals surface area contributed by atoms with Gasteiger partial charge in [-0.15, -0.1) is 0 Å². The molecule has 8 rings (SSSR count). The Bertz CT molecular complexity index is 2480. The number of carboxylic acid groups (broad SMARTS) is 1. The number of allylic oxidation sites excluding steroid dienone is 1. The molecule has 0 radical (unpaired) electrons. The van der Waals surface area contributed by atoms with Crippen molar-refractivity contribution in [2.75, 3.05) is 39.8 Å². The van der Waals surface area contributed by atoms with E-state index in [0.29, 0.717) is 18.0 Å². The number of fused-ring (bicyclic) bond motifs is 2. The predicted octanol–water partition coefficient (Wildman–Crippen LogP) is 3.66. The van der Waals surface area contributed by atoms with Crippen LogP contribution in [0.15, 0.2) is 111 Å². The molecule has 298 valence electrons. The minimum Gasteiger partial charge on any atom is -0.549 e. The Morgan fingerprint density at radius 2 is 1.80 bits per heavy atom. The number of furan rings is 1. The zero-order valence-corrected chi connectivity index (χ0v) is 36.0. The molecule has 1 saturated heterocycles. The van der Waals surface area contributed by atoms with Crippen LogP contribution in [0.2, 0.25) is 0 Å². The molecule has 2 aliphatic rings. The Labute approximate surface area is 366 Å². The van der Waals surface area contributed by atoms with Crippen LogP contribution in [0, 0.1) is 24.6 Å². The van der Waals surface area contributed by atoms with Crippen LogP contribution in [0.5, 0.6) is 0 Å². The second-order valence-electron chi connectivity index (χ2n) is 15.0. The molecule has 6 aromatic rings. The summed E-state index contributed by atoms with van der Waals surface area (Å²) in [5.41, 5.74) is 8.22. The number of benzene rings is 3. The monoisotopic (exact) mass is 803 g/mol. The number of aryl methyl sites for hydroxylation is 2. The maximum atomic E-state index is 13.4. The van der Waals surface area contributed by atoms with Gasteiger partial charge in [-0.1, -0.05) is 65.5 Å². The molecule has 3 aromatic heterocycles. The van der Waals surface area contributed by atoms with E-state index in [1.165, 1.54) is 12.1 Å². The van der Waals surface area contributed by atoms with Crippen molar-refractivity contribution in [2.45, 2.75) is 57.9 Å². The minimum atomic E-state index is -1.10. The Kier molecular flexibility index (Phi) is 15.3. The second kappa shape index (κ2) is 20.7. The number of carbonyl (C=O) groups excluding carboxylic acids is 1. The van der Waals surface area contributed by atoms with E-state index in [9.17, 15) is 19.1 Å². The standard InChI is InChI=1S/C24H21NO3.C23H27FN4O2.Na/c1-25(17-24(26)27)15-13-22(20-5-3-2-4-6-20)12-9-19-7-10-21(11-8-19)23-14-16-28-18-23;1-15-18(23(29)28-10-3-2-4-21(28)25-15)9-13-27-11-7-16(8-12-27)22-19-6-5-17(24)14-20(19)30-26-22;/h2-8,10-11,13-14,16,18H,15,17H2,1H3,(H,26,27);5-6,14,16H,2-4,7-13H2,1H3;/q;;+1/p-1/b22-13-;;. The Balaban J connectivity index is 0.000000196. The van der Waals surface area contributed by atoms with Crippen LogP contribution in [0.25, 0.3) is 27.7 Å². The molecule has 2 aliphatic heterocycles. The first-order chi connectivity index (χ1) is 28.2. The second-order valence-corrected chi connectivity index (χ2v) is 15.0. The van der Waals surface area contributed by atoms with E-state index >= 15 is 0 Å². The van der Waals surface area contributed by atoms with Crippen molar-refractivity contribution in [2.24, 2.45) is 0 Å². The molecule has 0 saturated carbocycles. The Morgan fingerprint density at radius 3 is 2.53 bits per heavy atom. The summed E-state index contributed by atoms with van der Waals surface area (Å²) in [7, 11) is 1.73. The first-order valence-electron chi connectivity index (χ1n) is 19.9. The number of carboxylic acids is 1. The van der Waals surface area contributed by atoms with Gasteiger partial charge in [0.05, 0.1) is 24.2 Å². The van der Waals surface area contributed by atoms with E-state index in [-0.39, 0.29) is 47.5 Å². The van der Waals surface area contributed by atoms with E-state index in [2.05, 4.69) is 21.9 Å². The van der Waals surface area contributed by atoms with Gasteiger partial charge in [-0.2, -0.15) is 0 Å². The summed E-state index contributed by atoms with van der Waals surface area (Å²) in [6, 6.07) is 24.3. The average molecular weight is 804 g/mol. The van der Waals surface area contributed by atoms with Crippen molar-refractivity contribution in [3.05, 3.63) is 148 Å². The Morgan fingerprint density at radius 1 is 1.02 bits per heavy atom.